The quantitative estimate of drug-likeness (QED) is 0.776. The van der Waals surface area contributed by atoms with E-state index < -0.39 is 5.60 Å². The van der Waals surface area contributed by atoms with Gasteiger partial charge in [-0.3, -0.25) is 4.90 Å². The van der Waals surface area contributed by atoms with Crippen LogP contribution in [0.1, 0.15) is 19.4 Å². The molecule has 2 aromatic rings. The summed E-state index contributed by atoms with van der Waals surface area (Å²) < 4.78 is 6.61. The van der Waals surface area contributed by atoms with E-state index in [-0.39, 0.29) is 12.1 Å². The minimum absolute atomic E-state index is 0.211. The lowest BCUT2D eigenvalue weighted by molar-refractivity contribution is 0.143. The van der Waals surface area contributed by atoms with Crippen LogP contribution < -0.4 is 15.0 Å². The Morgan fingerprint density at radius 3 is 3.12 bits per heavy atom. The molecule has 1 saturated heterocycles. The highest BCUT2D eigenvalue weighted by Gasteiger charge is 2.34. The zero-order valence-corrected chi connectivity index (χ0v) is 14.2. The second-order valence-electron chi connectivity index (χ2n) is 6.38. The fourth-order valence-electron chi connectivity index (χ4n) is 2.86. The maximum absolute atomic E-state index is 12.2. The van der Waals surface area contributed by atoms with Crippen molar-refractivity contribution < 1.29 is 14.6 Å². The minimum atomic E-state index is -1.09. The molecule has 1 atom stereocenters. The first kappa shape index (κ1) is 15.2. The number of carbonyl (C=O) groups is 1. The first-order chi connectivity index (χ1) is 11.4. The van der Waals surface area contributed by atoms with Crippen LogP contribution in [0.25, 0.3) is 10.2 Å². The Labute approximate surface area is 143 Å². The van der Waals surface area contributed by atoms with Gasteiger partial charge >= 0.3 is 6.03 Å². The minimum Gasteiger partial charge on any atom is -0.493 e. The van der Waals surface area contributed by atoms with Crippen LogP contribution in [-0.4, -0.2) is 40.9 Å². The fourth-order valence-corrected chi connectivity index (χ4v) is 3.90. The van der Waals surface area contributed by atoms with Gasteiger partial charge in [0.25, 0.3) is 0 Å². The largest absolute Gasteiger partial charge is 0.493 e. The Kier molecular flexibility index (Phi) is 3.41. The third-order valence-corrected chi connectivity index (χ3v) is 4.97. The number of aliphatic hydroxyl groups is 1. The van der Waals surface area contributed by atoms with Gasteiger partial charge in [0.05, 0.1) is 23.4 Å². The first-order valence-corrected chi connectivity index (χ1v) is 8.61. The summed E-state index contributed by atoms with van der Waals surface area (Å²) in [4.78, 5) is 18.5. The van der Waals surface area contributed by atoms with Crippen LogP contribution in [0.2, 0.25) is 0 Å². The van der Waals surface area contributed by atoms with Gasteiger partial charge in [0.15, 0.2) is 5.13 Å². The molecular weight excluding hydrogens is 326 g/mol. The lowest BCUT2D eigenvalue weighted by Gasteiger charge is -2.16. The summed E-state index contributed by atoms with van der Waals surface area (Å²) in [6.45, 7) is 4.33. The third-order valence-electron chi connectivity index (χ3n) is 3.95. The average molecular weight is 343 g/mol. The molecule has 0 aliphatic carbocycles. The van der Waals surface area contributed by atoms with Crippen molar-refractivity contribution >= 4 is 32.7 Å². The van der Waals surface area contributed by atoms with Crippen molar-refractivity contribution in [3.63, 3.8) is 0 Å². The highest BCUT2D eigenvalue weighted by atomic mass is 32.1. The third kappa shape index (κ3) is 2.58. The number of nitrogens with zero attached hydrogens (tertiary/aromatic N) is 2. The number of hydrogen-bond acceptors (Lipinski definition) is 5. The van der Waals surface area contributed by atoms with Crippen molar-refractivity contribution in [2.24, 2.45) is 0 Å². The van der Waals surface area contributed by atoms with Crippen LogP contribution >= 0.6 is 11.3 Å². The number of thiazole rings is 1. The molecule has 1 fully saturated rings. The summed E-state index contributed by atoms with van der Waals surface area (Å²) in [6, 6.07) is 3.39. The number of hydrogen-bond donors (Lipinski definition) is 2. The van der Waals surface area contributed by atoms with Crippen molar-refractivity contribution in [2.75, 3.05) is 18.1 Å². The highest BCUT2D eigenvalue weighted by molar-refractivity contribution is 7.22. The summed E-state index contributed by atoms with van der Waals surface area (Å²) in [5.41, 5.74) is 0.913. The van der Waals surface area contributed by atoms with Crippen LogP contribution in [0, 0.1) is 11.8 Å². The number of benzene rings is 1. The molecule has 0 saturated carbocycles. The molecule has 0 bridgehead atoms. The number of nitrogens with one attached hydrogen (secondary N) is 1. The van der Waals surface area contributed by atoms with Gasteiger partial charge in [0.1, 0.15) is 17.4 Å². The molecule has 3 heterocycles. The Morgan fingerprint density at radius 2 is 2.33 bits per heavy atom. The van der Waals surface area contributed by atoms with Crippen molar-refractivity contribution in [1.82, 2.24) is 10.3 Å². The lowest BCUT2D eigenvalue weighted by atomic mass is 10.1. The number of ether oxygens (including phenoxy) is 1. The monoisotopic (exact) mass is 343 g/mol. The predicted octanol–water partition coefficient (Wildman–Crippen LogP) is 1.90. The zero-order valence-electron chi connectivity index (χ0n) is 13.4. The molecule has 0 unspecified atom stereocenters. The maximum atomic E-state index is 12.2. The van der Waals surface area contributed by atoms with E-state index in [9.17, 15) is 9.90 Å². The second kappa shape index (κ2) is 5.36. The van der Waals surface area contributed by atoms with Gasteiger partial charge in [-0.05, 0) is 26.0 Å². The second-order valence-corrected chi connectivity index (χ2v) is 7.39. The molecule has 0 radical (unpaired) electrons. The van der Waals surface area contributed by atoms with Gasteiger partial charge in [-0.2, -0.15) is 0 Å². The summed E-state index contributed by atoms with van der Waals surface area (Å²) in [6.07, 6.45) is 0.837. The fraction of sp³-hybridized carbons (Fsp3) is 0.412. The molecule has 1 aromatic carbocycles. The predicted molar refractivity (Wildman–Crippen MR) is 92.6 cm³/mol. The topological polar surface area (TPSA) is 74.7 Å². The molecule has 24 heavy (non-hydrogen) atoms. The van der Waals surface area contributed by atoms with Crippen LogP contribution in [-0.2, 0) is 6.42 Å². The standard InChI is InChI=1S/C17H17N3O3S/c1-17(2,22)7-5-10-9-18-15(21)20(10)16-19-14-11-6-8-23-12(11)3-4-13(14)24-16/h3-4,10,22H,6,8-9H2,1-2H3,(H,18,21)/t10-/m1/s1. The maximum Gasteiger partial charge on any atom is 0.324 e. The van der Waals surface area contributed by atoms with Gasteiger partial charge in [0, 0.05) is 12.0 Å². The first-order valence-electron chi connectivity index (χ1n) is 7.80. The zero-order chi connectivity index (χ0) is 16.9. The molecule has 2 N–H and O–H groups in total. The molecule has 2 amide bonds. The smallest absolute Gasteiger partial charge is 0.324 e. The molecule has 2 aliphatic heterocycles. The Morgan fingerprint density at radius 1 is 1.50 bits per heavy atom. The van der Waals surface area contributed by atoms with Crippen LogP contribution in [0.15, 0.2) is 12.1 Å². The summed E-state index contributed by atoms with van der Waals surface area (Å²) in [7, 11) is 0. The van der Waals surface area contributed by atoms with E-state index >= 15 is 0 Å². The van der Waals surface area contributed by atoms with Gasteiger partial charge in [-0.25, -0.2) is 9.78 Å². The number of rotatable bonds is 1. The van der Waals surface area contributed by atoms with E-state index in [2.05, 4.69) is 22.1 Å². The number of urea groups is 1. The van der Waals surface area contributed by atoms with E-state index in [1.54, 1.807) is 18.7 Å². The van der Waals surface area contributed by atoms with Crippen molar-refractivity contribution in [3.8, 4) is 17.6 Å². The molecule has 7 heteroatoms. The van der Waals surface area contributed by atoms with Crippen LogP contribution in [0.5, 0.6) is 5.75 Å². The Balaban J connectivity index is 1.74. The van der Waals surface area contributed by atoms with E-state index in [1.165, 1.54) is 11.3 Å². The normalized spacial score (nSPS) is 19.7. The van der Waals surface area contributed by atoms with Crippen molar-refractivity contribution in [1.29, 1.82) is 0 Å². The molecule has 2 aliphatic rings. The van der Waals surface area contributed by atoms with Gasteiger partial charge in [-0.1, -0.05) is 23.2 Å². The number of anilines is 1. The SMILES string of the molecule is CC(C)(O)C#C[C@@H]1CNC(=O)N1c1nc2c3c(ccc2s1)OCC3. The number of amides is 2. The molecule has 1 aromatic heterocycles. The van der Waals surface area contributed by atoms with Crippen LogP contribution in [0.4, 0.5) is 9.93 Å². The van der Waals surface area contributed by atoms with Crippen molar-refractivity contribution in [2.45, 2.75) is 31.9 Å². The molecule has 4 rings (SSSR count). The lowest BCUT2D eigenvalue weighted by Crippen LogP contribution is -2.33. The number of carbonyl (C=O) groups excluding carboxylic acids is 1. The summed E-state index contributed by atoms with van der Waals surface area (Å²) in [5, 5.41) is 13.2. The molecule has 0 spiro atoms. The van der Waals surface area contributed by atoms with E-state index in [1.807, 2.05) is 12.1 Å². The van der Waals surface area contributed by atoms with Crippen molar-refractivity contribution in [3.05, 3.63) is 17.7 Å². The molecule has 6 nitrogen and oxygen atoms in total. The highest BCUT2D eigenvalue weighted by Crippen LogP contribution is 2.38. The Bertz CT molecular complexity index is 888. The molecule has 124 valence electrons. The summed E-state index contributed by atoms with van der Waals surface area (Å²) in [5.74, 6) is 6.65. The summed E-state index contributed by atoms with van der Waals surface area (Å²) >= 11 is 1.47. The van der Waals surface area contributed by atoms with E-state index in [4.69, 9.17) is 4.74 Å². The van der Waals surface area contributed by atoms with E-state index in [0.717, 1.165) is 28.0 Å². The van der Waals surface area contributed by atoms with Gasteiger partial charge in [-0.15, -0.1) is 0 Å². The Hall–Kier alpha value is -2.30. The number of fused-ring (bicyclic) bond motifs is 3. The van der Waals surface area contributed by atoms with Gasteiger partial charge in [0.2, 0.25) is 0 Å². The number of aromatic nitrogens is 1. The molecular formula is C17H17N3O3S. The average Bonchev–Trinajstić information content (AvgIpc) is 3.20. The van der Waals surface area contributed by atoms with E-state index in [0.29, 0.717) is 18.3 Å². The van der Waals surface area contributed by atoms with Crippen LogP contribution in [0.3, 0.4) is 0 Å². The van der Waals surface area contributed by atoms with Gasteiger partial charge < -0.3 is 15.2 Å².